The van der Waals surface area contributed by atoms with Gasteiger partial charge in [0.2, 0.25) is 11.8 Å². The van der Waals surface area contributed by atoms with Crippen molar-refractivity contribution in [2.24, 2.45) is 22.2 Å². The van der Waals surface area contributed by atoms with Gasteiger partial charge in [-0.15, -0.1) is 0 Å². The van der Waals surface area contributed by atoms with Gasteiger partial charge in [-0.3, -0.25) is 19.4 Å². The molecule has 0 bridgehead atoms. The zero-order valence-corrected chi connectivity index (χ0v) is 18.8. The molecular formula is C20H41N7O4. The second-order valence-electron chi connectivity index (χ2n) is 7.20. The van der Waals surface area contributed by atoms with Crippen molar-refractivity contribution < 1.29 is 19.1 Å². The molecule has 0 saturated heterocycles. The number of amides is 2. The Morgan fingerprint density at radius 3 is 2.32 bits per heavy atom. The lowest BCUT2D eigenvalue weighted by molar-refractivity contribution is -0.150. The van der Waals surface area contributed by atoms with Crippen LogP contribution in [0.5, 0.6) is 0 Å². The normalized spacial score (nSPS) is 11.4. The van der Waals surface area contributed by atoms with Crippen LogP contribution in [0.15, 0.2) is 4.99 Å². The quantitative estimate of drug-likeness (QED) is 0.0640. The van der Waals surface area contributed by atoms with E-state index in [1.807, 2.05) is 0 Å². The first-order chi connectivity index (χ1) is 14.9. The van der Waals surface area contributed by atoms with Crippen LogP contribution < -0.4 is 33.2 Å². The van der Waals surface area contributed by atoms with E-state index in [4.69, 9.17) is 21.9 Å². The Morgan fingerprint density at radius 2 is 1.65 bits per heavy atom. The molecule has 0 aromatic heterocycles. The van der Waals surface area contributed by atoms with Crippen molar-refractivity contribution >= 4 is 23.7 Å². The summed E-state index contributed by atoms with van der Waals surface area (Å²) in [6.45, 7) is 5.09. The summed E-state index contributed by atoms with van der Waals surface area (Å²) in [4.78, 5) is 39.5. The van der Waals surface area contributed by atoms with Crippen molar-refractivity contribution in [3.8, 4) is 0 Å². The SMILES string of the molecule is CCC(=O)OC(CCCCN=C(N)N)CC(=O)NCC(=O)NCCCCNCCCN. The van der Waals surface area contributed by atoms with Crippen LogP contribution in [-0.2, 0) is 19.1 Å². The molecular weight excluding hydrogens is 402 g/mol. The Kier molecular flexibility index (Phi) is 18.0. The lowest BCUT2D eigenvalue weighted by Crippen LogP contribution is -2.38. The molecule has 0 saturated carbocycles. The number of ether oxygens (including phenoxy) is 1. The summed E-state index contributed by atoms with van der Waals surface area (Å²) in [6, 6.07) is 0. The van der Waals surface area contributed by atoms with Crippen LogP contribution in [0.4, 0.5) is 0 Å². The largest absolute Gasteiger partial charge is 0.462 e. The van der Waals surface area contributed by atoms with Crippen LogP contribution in [0.25, 0.3) is 0 Å². The first-order valence-electron chi connectivity index (χ1n) is 11.1. The van der Waals surface area contributed by atoms with Crippen LogP contribution in [0.1, 0.15) is 58.3 Å². The van der Waals surface area contributed by atoms with Crippen molar-refractivity contribution in [2.75, 3.05) is 39.3 Å². The van der Waals surface area contributed by atoms with Gasteiger partial charge in [-0.2, -0.15) is 0 Å². The van der Waals surface area contributed by atoms with Gasteiger partial charge in [0.1, 0.15) is 6.10 Å². The van der Waals surface area contributed by atoms with E-state index in [1.54, 1.807) is 6.92 Å². The predicted molar refractivity (Wildman–Crippen MR) is 121 cm³/mol. The van der Waals surface area contributed by atoms with Gasteiger partial charge in [-0.05, 0) is 58.2 Å². The minimum absolute atomic E-state index is 0.00971. The number of hydrogen-bond acceptors (Lipinski definition) is 7. The molecule has 0 radical (unpaired) electrons. The smallest absolute Gasteiger partial charge is 0.305 e. The maximum absolute atomic E-state index is 12.2. The highest BCUT2D eigenvalue weighted by Crippen LogP contribution is 2.10. The van der Waals surface area contributed by atoms with E-state index < -0.39 is 6.10 Å². The van der Waals surface area contributed by atoms with Gasteiger partial charge < -0.3 is 37.9 Å². The van der Waals surface area contributed by atoms with Gasteiger partial charge in [-0.25, -0.2) is 0 Å². The fraction of sp³-hybridized carbons (Fsp3) is 0.800. The van der Waals surface area contributed by atoms with Gasteiger partial charge in [0.15, 0.2) is 5.96 Å². The highest BCUT2D eigenvalue weighted by atomic mass is 16.5. The molecule has 0 rings (SSSR count). The van der Waals surface area contributed by atoms with Crippen molar-refractivity contribution in [3.63, 3.8) is 0 Å². The summed E-state index contributed by atoms with van der Waals surface area (Å²) in [5.41, 5.74) is 16.0. The number of nitrogens with two attached hydrogens (primary N) is 3. The number of nitrogens with one attached hydrogen (secondary N) is 3. The molecule has 0 aliphatic rings. The number of carbonyl (C=O) groups is 3. The minimum Gasteiger partial charge on any atom is -0.462 e. The molecule has 0 aromatic carbocycles. The summed E-state index contributed by atoms with van der Waals surface area (Å²) in [5, 5.41) is 8.62. The number of aliphatic imine (C=N–C) groups is 1. The zero-order chi connectivity index (χ0) is 23.3. The van der Waals surface area contributed by atoms with Crippen molar-refractivity contribution in [1.82, 2.24) is 16.0 Å². The van der Waals surface area contributed by atoms with Crippen molar-refractivity contribution in [1.29, 1.82) is 0 Å². The number of carbonyl (C=O) groups excluding carboxylic acids is 3. The summed E-state index contributed by atoms with van der Waals surface area (Å²) in [5.74, 6) is -0.913. The molecule has 9 N–H and O–H groups in total. The Bertz CT molecular complexity index is 540. The monoisotopic (exact) mass is 443 g/mol. The van der Waals surface area contributed by atoms with Gasteiger partial charge >= 0.3 is 5.97 Å². The van der Waals surface area contributed by atoms with Gasteiger partial charge in [-0.1, -0.05) is 6.92 Å². The number of hydrogen-bond donors (Lipinski definition) is 6. The minimum atomic E-state index is -0.540. The molecule has 0 aliphatic heterocycles. The highest BCUT2D eigenvalue weighted by molar-refractivity contribution is 5.85. The van der Waals surface area contributed by atoms with E-state index >= 15 is 0 Å². The number of esters is 1. The third-order valence-electron chi connectivity index (χ3n) is 4.33. The van der Waals surface area contributed by atoms with E-state index in [0.29, 0.717) is 38.9 Å². The standard InChI is InChI=1S/C20H41N7O4/c1-2-19(30)31-16(8-3-4-13-26-20(22)23)14-17(28)27-15-18(29)25-12-6-5-10-24-11-7-9-21/h16,24H,2-15,21H2,1H3,(H,25,29)(H,27,28)(H4,22,23,26). The first-order valence-corrected chi connectivity index (χ1v) is 11.1. The highest BCUT2D eigenvalue weighted by Gasteiger charge is 2.18. The van der Waals surface area contributed by atoms with Crippen LogP contribution >= 0.6 is 0 Å². The van der Waals surface area contributed by atoms with Gasteiger partial charge in [0.25, 0.3) is 0 Å². The number of nitrogens with zero attached hydrogens (tertiary/aromatic N) is 1. The van der Waals surface area contributed by atoms with Crippen LogP contribution in [0.2, 0.25) is 0 Å². The third-order valence-corrected chi connectivity index (χ3v) is 4.33. The van der Waals surface area contributed by atoms with E-state index in [1.165, 1.54) is 0 Å². The van der Waals surface area contributed by atoms with E-state index in [0.717, 1.165) is 32.4 Å². The fourth-order valence-electron chi connectivity index (χ4n) is 2.64. The maximum Gasteiger partial charge on any atom is 0.305 e. The van der Waals surface area contributed by atoms with E-state index in [-0.39, 0.29) is 43.1 Å². The summed E-state index contributed by atoms with van der Waals surface area (Å²) >= 11 is 0. The third kappa shape index (κ3) is 19.3. The zero-order valence-electron chi connectivity index (χ0n) is 18.8. The van der Waals surface area contributed by atoms with Crippen LogP contribution in [0, 0.1) is 0 Å². The average molecular weight is 444 g/mol. The van der Waals surface area contributed by atoms with Crippen molar-refractivity contribution in [2.45, 2.75) is 64.4 Å². The molecule has 0 aliphatic carbocycles. The first kappa shape index (κ1) is 28.6. The summed E-state index contributed by atoms with van der Waals surface area (Å²) < 4.78 is 5.33. The lowest BCUT2D eigenvalue weighted by Gasteiger charge is -2.17. The topological polar surface area (TPSA) is 187 Å². The van der Waals surface area contributed by atoms with Gasteiger partial charge in [0, 0.05) is 19.5 Å². The molecule has 31 heavy (non-hydrogen) atoms. The molecule has 180 valence electrons. The molecule has 11 nitrogen and oxygen atoms in total. The molecule has 0 aromatic rings. The molecule has 1 atom stereocenters. The van der Waals surface area contributed by atoms with E-state index in [2.05, 4.69) is 20.9 Å². The summed E-state index contributed by atoms with van der Waals surface area (Å²) in [7, 11) is 0. The molecule has 11 heteroatoms. The Balaban J connectivity index is 4.06. The Hall–Kier alpha value is -2.40. The second kappa shape index (κ2) is 19.6. The molecule has 0 spiro atoms. The Morgan fingerprint density at radius 1 is 0.935 bits per heavy atom. The number of unbranched alkanes of at least 4 members (excludes halogenated alkanes) is 2. The lowest BCUT2D eigenvalue weighted by atomic mass is 10.1. The summed E-state index contributed by atoms with van der Waals surface area (Å²) in [6.07, 6.45) is 4.39. The fourth-order valence-corrected chi connectivity index (χ4v) is 2.64. The number of guanidine groups is 1. The average Bonchev–Trinajstić information content (AvgIpc) is 2.73. The Labute approximate surface area is 185 Å². The van der Waals surface area contributed by atoms with E-state index in [9.17, 15) is 14.4 Å². The van der Waals surface area contributed by atoms with Crippen molar-refractivity contribution in [3.05, 3.63) is 0 Å². The molecule has 2 amide bonds. The maximum atomic E-state index is 12.2. The molecule has 0 heterocycles. The van der Waals surface area contributed by atoms with Crippen LogP contribution in [0.3, 0.4) is 0 Å². The number of rotatable bonds is 19. The predicted octanol–water partition coefficient (Wildman–Crippen LogP) is -0.907. The molecule has 0 fully saturated rings. The van der Waals surface area contributed by atoms with Gasteiger partial charge in [0.05, 0.1) is 13.0 Å². The van der Waals surface area contributed by atoms with Crippen LogP contribution in [-0.4, -0.2) is 69.1 Å². The second-order valence-corrected chi connectivity index (χ2v) is 7.20. The molecule has 1 unspecified atom stereocenters.